The molecule has 0 bridgehead atoms. The summed E-state index contributed by atoms with van der Waals surface area (Å²) in [4.78, 5) is 24.1. The molecule has 28 heavy (non-hydrogen) atoms. The summed E-state index contributed by atoms with van der Waals surface area (Å²) in [6.07, 6.45) is 0. The summed E-state index contributed by atoms with van der Waals surface area (Å²) < 4.78 is 6.16. The predicted molar refractivity (Wildman–Crippen MR) is 116 cm³/mol. The zero-order chi connectivity index (χ0) is 20.7. The van der Waals surface area contributed by atoms with Crippen LogP contribution in [-0.2, 0) is 10.2 Å². The molecule has 0 unspecified atom stereocenters. The van der Waals surface area contributed by atoms with Crippen LogP contribution >= 0.6 is 28.1 Å². The van der Waals surface area contributed by atoms with Crippen molar-refractivity contribution in [2.75, 3.05) is 6.61 Å². The van der Waals surface area contributed by atoms with Crippen molar-refractivity contribution in [1.29, 1.82) is 0 Å². The van der Waals surface area contributed by atoms with Gasteiger partial charge in [0.15, 0.2) is 11.7 Å². The molecule has 0 heterocycles. The van der Waals surface area contributed by atoms with Gasteiger partial charge in [-0.05, 0) is 47.5 Å². The number of carbonyl (C=O) groups is 2. The summed E-state index contributed by atoms with van der Waals surface area (Å²) in [6, 6.07) is 14.3. The van der Waals surface area contributed by atoms with Crippen LogP contribution in [0.25, 0.3) is 0 Å². The van der Waals surface area contributed by atoms with Gasteiger partial charge >= 0.3 is 0 Å². The van der Waals surface area contributed by atoms with E-state index in [4.69, 9.17) is 17.0 Å². The molecule has 2 aromatic carbocycles. The van der Waals surface area contributed by atoms with E-state index in [1.54, 1.807) is 24.3 Å². The van der Waals surface area contributed by atoms with Crippen LogP contribution in [0.5, 0.6) is 5.75 Å². The molecule has 2 rings (SSSR count). The number of halogens is 1. The molecule has 2 aromatic rings. The zero-order valence-corrected chi connectivity index (χ0v) is 18.2. The SMILES string of the molecule is CC(C)(C)c1ccc(C(=O)NC(=S)NNC(=O)COc2ccccc2)cc1Br. The summed E-state index contributed by atoms with van der Waals surface area (Å²) in [6.45, 7) is 6.09. The van der Waals surface area contributed by atoms with E-state index in [1.165, 1.54) is 0 Å². The molecular formula is C20H22BrN3O3S. The highest BCUT2D eigenvalue weighted by atomic mass is 79.9. The second kappa shape index (κ2) is 9.66. The van der Waals surface area contributed by atoms with E-state index in [9.17, 15) is 9.59 Å². The summed E-state index contributed by atoms with van der Waals surface area (Å²) in [5, 5.41) is 2.50. The van der Waals surface area contributed by atoms with Crippen molar-refractivity contribution < 1.29 is 14.3 Å². The fourth-order valence-electron chi connectivity index (χ4n) is 2.30. The molecule has 3 N–H and O–H groups in total. The quantitative estimate of drug-likeness (QED) is 0.477. The van der Waals surface area contributed by atoms with Gasteiger partial charge in [-0.25, -0.2) is 0 Å². The molecule has 0 atom stereocenters. The van der Waals surface area contributed by atoms with Crippen LogP contribution in [-0.4, -0.2) is 23.5 Å². The Morgan fingerprint density at radius 1 is 1.07 bits per heavy atom. The van der Waals surface area contributed by atoms with Gasteiger partial charge in [0.25, 0.3) is 11.8 Å². The first-order valence-electron chi connectivity index (χ1n) is 8.55. The molecule has 0 aliphatic carbocycles. The highest BCUT2D eigenvalue weighted by Crippen LogP contribution is 2.30. The summed E-state index contributed by atoms with van der Waals surface area (Å²) in [5.41, 5.74) is 6.34. The van der Waals surface area contributed by atoms with Crippen molar-refractivity contribution in [3.05, 3.63) is 64.1 Å². The van der Waals surface area contributed by atoms with Gasteiger partial charge in [-0.1, -0.05) is 61.0 Å². The van der Waals surface area contributed by atoms with Crippen LogP contribution in [0.2, 0.25) is 0 Å². The minimum absolute atomic E-state index is 0.0194. The van der Waals surface area contributed by atoms with Gasteiger partial charge in [0.1, 0.15) is 5.75 Å². The van der Waals surface area contributed by atoms with E-state index in [2.05, 4.69) is 52.9 Å². The minimum atomic E-state index is -0.433. The molecule has 0 saturated carbocycles. The molecular weight excluding hydrogens is 442 g/mol. The third kappa shape index (κ3) is 6.61. The standard InChI is InChI=1S/C20H22BrN3O3S/c1-20(2,3)15-10-9-13(11-16(15)21)18(26)22-19(28)24-23-17(25)12-27-14-7-5-4-6-8-14/h4-11H,12H2,1-3H3,(H,23,25)(H2,22,24,26,28). The van der Waals surface area contributed by atoms with Gasteiger partial charge in [-0.15, -0.1) is 0 Å². The third-order valence-electron chi connectivity index (χ3n) is 3.69. The highest BCUT2D eigenvalue weighted by molar-refractivity contribution is 9.10. The molecule has 0 aromatic heterocycles. The normalized spacial score (nSPS) is 10.7. The molecule has 2 amide bonds. The lowest BCUT2D eigenvalue weighted by Gasteiger charge is -2.21. The maximum absolute atomic E-state index is 12.3. The lowest BCUT2D eigenvalue weighted by Crippen LogP contribution is -2.49. The molecule has 0 radical (unpaired) electrons. The Labute approximate surface area is 178 Å². The molecule has 0 spiro atoms. The Morgan fingerprint density at radius 3 is 2.36 bits per heavy atom. The fraction of sp³-hybridized carbons (Fsp3) is 0.250. The van der Waals surface area contributed by atoms with Gasteiger partial charge in [0.2, 0.25) is 0 Å². The Hall–Kier alpha value is -2.45. The second-order valence-electron chi connectivity index (χ2n) is 7.00. The number of para-hydroxylation sites is 1. The average molecular weight is 464 g/mol. The Bertz CT molecular complexity index is 867. The maximum Gasteiger partial charge on any atom is 0.276 e. The van der Waals surface area contributed by atoms with E-state index >= 15 is 0 Å². The van der Waals surface area contributed by atoms with Crippen molar-refractivity contribution >= 4 is 45.1 Å². The average Bonchev–Trinajstić information content (AvgIpc) is 2.64. The number of hydrogen-bond donors (Lipinski definition) is 3. The first kappa shape index (κ1) is 21.8. The maximum atomic E-state index is 12.3. The number of hydrazine groups is 1. The number of hydrogen-bond acceptors (Lipinski definition) is 4. The van der Waals surface area contributed by atoms with E-state index in [0.717, 1.165) is 10.0 Å². The lowest BCUT2D eigenvalue weighted by molar-refractivity contribution is -0.123. The largest absolute Gasteiger partial charge is 0.484 e. The summed E-state index contributed by atoms with van der Waals surface area (Å²) in [5.74, 6) is -0.232. The Morgan fingerprint density at radius 2 is 1.75 bits per heavy atom. The molecule has 0 saturated heterocycles. The molecule has 0 aliphatic heterocycles. The monoisotopic (exact) mass is 463 g/mol. The Kier molecular flexibility index (Phi) is 7.53. The van der Waals surface area contributed by atoms with E-state index < -0.39 is 5.91 Å². The number of rotatable bonds is 4. The van der Waals surface area contributed by atoms with Gasteiger partial charge in [-0.2, -0.15) is 0 Å². The van der Waals surface area contributed by atoms with Crippen LogP contribution in [0.4, 0.5) is 0 Å². The van der Waals surface area contributed by atoms with Crippen LogP contribution in [0.1, 0.15) is 36.7 Å². The van der Waals surface area contributed by atoms with Gasteiger partial charge in [0.05, 0.1) is 0 Å². The number of thiocarbonyl (C=S) groups is 1. The summed E-state index contributed by atoms with van der Waals surface area (Å²) >= 11 is 8.54. The van der Waals surface area contributed by atoms with E-state index in [0.29, 0.717) is 11.3 Å². The molecule has 148 valence electrons. The van der Waals surface area contributed by atoms with Crippen LogP contribution in [0.15, 0.2) is 53.0 Å². The topological polar surface area (TPSA) is 79.5 Å². The van der Waals surface area contributed by atoms with Gasteiger partial charge < -0.3 is 4.74 Å². The fourth-order valence-corrected chi connectivity index (χ4v) is 3.42. The lowest BCUT2D eigenvalue weighted by atomic mass is 9.86. The highest BCUT2D eigenvalue weighted by Gasteiger charge is 2.18. The van der Waals surface area contributed by atoms with Crippen molar-refractivity contribution in [3.63, 3.8) is 0 Å². The first-order chi connectivity index (χ1) is 13.2. The molecule has 0 aliphatic rings. The van der Waals surface area contributed by atoms with Gasteiger partial charge in [-0.3, -0.25) is 25.8 Å². The molecule has 0 fully saturated rings. The van der Waals surface area contributed by atoms with Crippen molar-refractivity contribution in [2.45, 2.75) is 26.2 Å². The Balaban J connectivity index is 1.81. The zero-order valence-electron chi connectivity index (χ0n) is 15.8. The number of carbonyl (C=O) groups excluding carboxylic acids is 2. The predicted octanol–water partition coefficient (Wildman–Crippen LogP) is 3.46. The first-order valence-corrected chi connectivity index (χ1v) is 9.75. The van der Waals surface area contributed by atoms with Crippen LogP contribution in [0.3, 0.4) is 0 Å². The van der Waals surface area contributed by atoms with Crippen LogP contribution in [0, 0.1) is 0 Å². The van der Waals surface area contributed by atoms with E-state index in [-0.39, 0.29) is 23.0 Å². The van der Waals surface area contributed by atoms with E-state index in [1.807, 2.05) is 24.3 Å². The van der Waals surface area contributed by atoms with Crippen molar-refractivity contribution in [3.8, 4) is 5.75 Å². The van der Waals surface area contributed by atoms with Gasteiger partial charge in [0, 0.05) is 10.0 Å². The van der Waals surface area contributed by atoms with Crippen molar-refractivity contribution in [1.82, 2.24) is 16.2 Å². The minimum Gasteiger partial charge on any atom is -0.484 e. The number of amides is 2. The molecule has 8 heteroatoms. The number of ether oxygens (including phenoxy) is 1. The number of nitrogens with one attached hydrogen (secondary N) is 3. The molecule has 6 nitrogen and oxygen atoms in total. The summed E-state index contributed by atoms with van der Waals surface area (Å²) in [7, 11) is 0. The van der Waals surface area contributed by atoms with Crippen molar-refractivity contribution in [2.24, 2.45) is 0 Å². The smallest absolute Gasteiger partial charge is 0.276 e. The van der Waals surface area contributed by atoms with Crippen LogP contribution < -0.4 is 20.9 Å². The second-order valence-corrected chi connectivity index (χ2v) is 8.27. The third-order valence-corrected chi connectivity index (χ3v) is 4.56. The number of benzene rings is 2.